The minimum atomic E-state index is -0.523. The molecular formula is C18H22N4O6. The monoisotopic (exact) mass is 390 g/mol. The van der Waals surface area contributed by atoms with Gasteiger partial charge >= 0.3 is 0 Å². The van der Waals surface area contributed by atoms with Crippen molar-refractivity contribution in [1.82, 2.24) is 0 Å². The van der Waals surface area contributed by atoms with Gasteiger partial charge in [0, 0.05) is 30.4 Å². The van der Waals surface area contributed by atoms with E-state index in [-0.39, 0.29) is 31.3 Å². The van der Waals surface area contributed by atoms with E-state index in [4.69, 9.17) is 14.6 Å². The number of rotatable bonds is 10. The largest absolute Gasteiger partial charge is 0.493 e. The van der Waals surface area contributed by atoms with Crippen molar-refractivity contribution in [2.24, 2.45) is 0 Å². The average Bonchev–Trinajstić information content (AvgIpc) is 2.70. The topological polar surface area (TPSA) is 135 Å². The molecule has 0 fully saturated rings. The van der Waals surface area contributed by atoms with Gasteiger partial charge in [-0.3, -0.25) is 14.9 Å². The highest BCUT2D eigenvalue weighted by Gasteiger charge is 2.12. The minimum Gasteiger partial charge on any atom is -0.493 e. The second-order valence-electron chi connectivity index (χ2n) is 5.61. The molecule has 28 heavy (non-hydrogen) atoms. The van der Waals surface area contributed by atoms with Crippen molar-refractivity contribution in [2.75, 3.05) is 49.9 Å². The molecule has 10 heteroatoms. The van der Waals surface area contributed by atoms with Crippen molar-refractivity contribution in [3.05, 3.63) is 46.5 Å². The molecule has 0 unspecified atom stereocenters. The Hall–Kier alpha value is -3.53. The number of non-ortho nitro benzene ring substituents is 1. The fourth-order valence-corrected chi connectivity index (χ4v) is 2.43. The number of carbonyl (C=O) groups is 1. The molecule has 4 N–H and O–H groups in total. The van der Waals surface area contributed by atoms with Crippen LogP contribution in [0.2, 0.25) is 0 Å². The molecule has 10 nitrogen and oxygen atoms in total. The van der Waals surface area contributed by atoms with E-state index >= 15 is 0 Å². The van der Waals surface area contributed by atoms with E-state index < -0.39 is 4.92 Å². The Kier molecular flexibility index (Phi) is 7.40. The van der Waals surface area contributed by atoms with Crippen LogP contribution in [0.5, 0.6) is 11.5 Å². The number of methoxy groups -OCH3 is 2. The lowest BCUT2D eigenvalue weighted by molar-refractivity contribution is -0.384. The minimum absolute atomic E-state index is 0.101. The number of ether oxygens (including phenoxy) is 2. The molecule has 0 spiro atoms. The molecule has 0 radical (unpaired) electrons. The Bertz CT molecular complexity index is 843. The van der Waals surface area contributed by atoms with Crippen molar-refractivity contribution in [2.45, 2.75) is 0 Å². The SMILES string of the molecule is COc1ccc(NC(=O)CNc2cc([N+](=O)[O-])ccc2NCCO)cc1OC. The van der Waals surface area contributed by atoms with Crippen molar-refractivity contribution >= 4 is 28.7 Å². The van der Waals surface area contributed by atoms with Crippen LogP contribution >= 0.6 is 0 Å². The number of aliphatic hydroxyl groups is 1. The Morgan fingerprint density at radius 3 is 2.46 bits per heavy atom. The van der Waals surface area contributed by atoms with Crippen LogP contribution in [0.15, 0.2) is 36.4 Å². The Balaban J connectivity index is 2.07. The quantitative estimate of drug-likeness (QED) is 0.358. The summed E-state index contributed by atoms with van der Waals surface area (Å²) < 4.78 is 10.3. The van der Waals surface area contributed by atoms with E-state index in [1.54, 1.807) is 18.2 Å². The number of carbonyl (C=O) groups excluding carboxylic acids is 1. The first kappa shape index (κ1) is 20.8. The molecule has 0 saturated carbocycles. The van der Waals surface area contributed by atoms with Crippen molar-refractivity contribution in [3.63, 3.8) is 0 Å². The Morgan fingerprint density at radius 1 is 1.07 bits per heavy atom. The van der Waals surface area contributed by atoms with Crippen LogP contribution in [0, 0.1) is 10.1 Å². The van der Waals surface area contributed by atoms with Gasteiger partial charge in [-0.05, 0) is 18.2 Å². The molecule has 0 heterocycles. The highest BCUT2D eigenvalue weighted by molar-refractivity contribution is 5.94. The summed E-state index contributed by atoms with van der Waals surface area (Å²) in [6.45, 7) is 0.0455. The summed E-state index contributed by atoms with van der Waals surface area (Å²) in [6, 6.07) is 9.14. The van der Waals surface area contributed by atoms with Crippen molar-refractivity contribution < 1.29 is 24.3 Å². The van der Waals surface area contributed by atoms with Gasteiger partial charge in [-0.25, -0.2) is 0 Å². The summed E-state index contributed by atoms with van der Waals surface area (Å²) in [5.74, 6) is 0.657. The standard InChI is InChI=1S/C18H22N4O6/c1-27-16-6-3-12(9-17(16)28-2)21-18(24)11-20-15-10-13(22(25)26)4-5-14(15)19-7-8-23/h3-6,9-10,19-20,23H,7-8,11H2,1-2H3,(H,21,24). The molecule has 2 rings (SSSR count). The van der Waals surface area contributed by atoms with Gasteiger partial charge in [0.25, 0.3) is 5.69 Å². The van der Waals surface area contributed by atoms with Crippen LogP contribution < -0.4 is 25.4 Å². The van der Waals surface area contributed by atoms with Gasteiger partial charge < -0.3 is 30.5 Å². The summed E-state index contributed by atoms with van der Waals surface area (Å²) in [4.78, 5) is 22.7. The lowest BCUT2D eigenvalue weighted by Gasteiger charge is -2.14. The molecule has 0 atom stereocenters. The van der Waals surface area contributed by atoms with E-state index in [0.29, 0.717) is 28.6 Å². The molecule has 150 valence electrons. The predicted octanol–water partition coefficient (Wildman–Crippen LogP) is 2.07. The molecule has 0 saturated heterocycles. The number of benzene rings is 2. The third-order valence-electron chi connectivity index (χ3n) is 3.75. The first-order valence-electron chi connectivity index (χ1n) is 8.37. The first-order valence-corrected chi connectivity index (χ1v) is 8.37. The molecule has 0 aliphatic carbocycles. The van der Waals surface area contributed by atoms with Gasteiger partial charge in [0.05, 0.1) is 43.7 Å². The summed E-state index contributed by atoms with van der Waals surface area (Å²) >= 11 is 0. The zero-order chi connectivity index (χ0) is 20.5. The van der Waals surface area contributed by atoms with E-state index in [1.165, 1.54) is 32.4 Å². The summed E-state index contributed by atoms with van der Waals surface area (Å²) in [7, 11) is 3.01. The Morgan fingerprint density at radius 2 is 1.82 bits per heavy atom. The number of nitrogens with one attached hydrogen (secondary N) is 3. The van der Waals surface area contributed by atoms with Crippen LogP contribution in [0.4, 0.5) is 22.7 Å². The molecule has 0 aromatic heterocycles. The Labute approximate surface area is 161 Å². The summed E-state index contributed by atoms with van der Waals surface area (Å²) in [6.07, 6.45) is 0. The van der Waals surface area contributed by atoms with Crippen LogP contribution in [-0.4, -0.2) is 49.9 Å². The number of anilines is 3. The van der Waals surface area contributed by atoms with Gasteiger partial charge in [0.15, 0.2) is 11.5 Å². The van der Waals surface area contributed by atoms with Crippen LogP contribution in [0.1, 0.15) is 0 Å². The number of nitrogens with zero attached hydrogens (tertiary/aromatic N) is 1. The fraction of sp³-hybridized carbons (Fsp3) is 0.278. The molecule has 2 aromatic rings. The number of aliphatic hydroxyl groups excluding tert-OH is 1. The first-order chi connectivity index (χ1) is 13.5. The van der Waals surface area contributed by atoms with E-state index in [0.717, 1.165) is 0 Å². The van der Waals surface area contributed by atoms with Gasteiger partial charge in [-0.2, -0.15) is 0 Å². The lowest BCUT2D eigenvalue weighted by atomic mass is 10.2. The van der Waals surface area contributed by atoms with Crippen LogP contribution in [0.25, 0.3) is 0 Å². The fourth-order valence-electron chi connectivity index (χ4n) is 2.43. The van der Waals surface area contributed by atoms with Gasteiger partial charge in [-0.1, -0.05) is 0 Å². The predicted molar refractivity (Wildman–Crippen MR) is 105 cm³/mol. The number of nitro benzene ring substituents is 1. The maximum Gasteiger partial charge on any atom is 0.271 e. The van der Waals surface area contributed by atoms with E-state index in [9.17, 15) is 14.9 Å². The number of amides is 1. The molecule has 2 aromatic carbocycles. The van der Waals surface area contributed by atoms with Gasteiger partial charge in [0.1, 0.15) is 0 Å². The molecule has 0 aliphatic rings. The summed E-state index contributed by atoms with van der Waals surface area (Å²) in [5, 5.41) is 28.4. The highest BCUT2D eigenvalue weighted by Crippen LogP contribution is 2.30. The molecule has 1 amide bonds. The molecule has 0 bridgehead atoms. The normalized spacial score (nSPS) is 10.1. The third-order valence-corrected chi connectivity index (χ3v) is 3.75. The van der Waals surface area contributed by atoms with E-state index in [2.05, 4.69) is 16.0 Å². The zero-order valence-electron chi connectivity index (χ0n) is 15.5. The van der Waals surface area contributed by atoms with Crippen LogP contribution in [-0.2, 0) is 4.79 Å². The van der Waals surface area contributed by atoms with Gasteiger partial charge in [0.2, 0.25) is 5.91 Å². The number of hydrogen-bond acceptors (Lipinski definition) is 8. The molecule has 0 aliphatic heterocycles. The highest BCUT2D eigenvalue weighted by atomic mass is 16.6. The maximum atomic E-state index is 12.2. The second kappa shape index (κ2) is 9.97. The number of nitro groups is 1. The van der Waals surface area contributed by atoms with Crippen molar-refractivity contribution in [1.29, 1.82) is 0 Å². The lowest BCUT2D eigenvalue weighted by Crippen LogP contribution is -2.22. The van der Waals surface area contributed by atoms with Crippen molar-refractivity contribution in [3.8, 4) is 11.5 Å². The van der Waals surface area contributed by atoms with E-state index in [1.807, 2.05) is 0 Å². The maximum absolute atomic E-state index is 12.2. The summed E-state index contributed by atoms with van der Waals surface area (Å²) in [5.41, 5.74) is 1.32. The zero-order valence-corrected chi connectivity index (χ0v) is 15.5. The third kappa shape index (κ3) is 5.48. The number of hydrogen-bond donors (Lipinski definition) is 4. The second-order valence-corrected chi connectivity index (χ2v) is 5.61. The van der Waals surface area contributed by atoms with Crippen LogP contribution in [0.3, 0.4) is 0 Å². The smallest absolute Gasteiger partial charge is 0.271 e. The average molecular weight is 390 g/mol. The molecular weight excluding hydrogens is 368 g/mol. The van der Waals surface area contributed by atoms with Gasteiger partial charge in [-0.15, -0.1) is 0 Å².